The van der Waals surface area contributed by atoms with Crippen LogP contribution in [0.2, 0.25) is 0 Å². The first-order valence-corrected chi connectivity index (χ1v) is 7.53. The van der Waals surface area contributed by atoms with Crippen molar-refractivity contribution < 1.29 is 19.4 Å². The number of aromatic carboxylic acids is 1. The number of carboxylic acid groups (broad SMARTS) is 1. The third-order valence-electron chi connectivity index (χ3n) is 4.55. The van der Waals surface area contributed by atoms with Crippen LogP contribution in [0.25, 0.3) is 0 Å². The van der Waals surface area contributed by atoms with Crippen molar-refractivity contribution in [2.24, 2.45) is 11.8 Å². The molecule has 0 saturated heterocycles. The summed E-state index contributed by atoms with van der Waals surface area (Å²) in [4.78, 5) is 11.1. The molecular weight excluding hydrogens is 268 g/mol. The molecule has 4 nitrogen and oxygen atoms in total. The highest BCUT2D eigenvalue weighted by atomic mass is 16.5. The second-order valence-corrected chi connectivity index (χ2v) is 6.03. The molecule has 0 heterocycles. The Hall–Kier alpha value is -1.55. The van der Waals surface area contributed by atoms with E-state index in [1.54, 1.807) is 25.3 Å². The van der Waals surface area contributed by atoms with E-state index in [9.17, 15) is 4.79 Å². The SMILES string of the molecule is COc1ccc(C(=O)O)cc1COC1CCC(C)C(C)C1. The second kappa shape index (κ2) is 6.94. The molecule has 1 aliphatic carbocycles. The number of hydrogen-bond acceptors (Lipinski definition) is 3. The predicted molar refractivity (Wildman–Crippen MR) is 80.7 cm³/mol. The fourth-order valence-corrected chi connectivity index (χ4v) is 2.88. The van der Waals surface area contributed by atoms with Gasteiger partial charge < -0.3 is 14.6 Å². The van der Waals surface area contributed by atoms with Gasteiger partial charge >= 0.3 is 5.97 Å². The van der Waals surface area contributed by atoms with Crippen molar-refractivity contribution in [3.63, 3.8) is 0 Å². The monoisotopic (exact) mass is 292 g/mol. The van der Waals surface area contributed by atoms with Crippen molar-refractivity contribution in [3.05, 3.63) is 29.3 Å². The minimum absolute atomic E-state index is 0.259. The lowest BCUT2D eigenvalue weighted by Crippen LogP contribution is -2.26. The van der Waals surface area contributed by atoms with Crippen molar-refractivity contribution >= 4 is 5.97 Å². The lowest BCUT2D eigenvalue weighted by atomic mass is 9.80. The lowest BCUT2D eigenvalue weighted by molar-refractivity contribution is -0.00809. The summed E-state index contributed by atoms with van der Waals surface area (Å²) in [7, 11) is 1.59. The zero-order valence-electron chi connectivity index (χ0n) is 13.0. The minimum Gasteiger partial charge on any atom is -0.496 e. The molecule has 0 spiro atoms. The molecule has 3 unspecified atom stereocenters. The number of carbonyl (C=O) groups is 1. The fraction of sp³-hybridized carbons (Fsp3) is 0.588. The maximum atomic E-state index is 11.1. The molecule has 21 heavy (non-hydrogen) atoms. The standard InChI is InChI=1S/C17H24O4/c1-11-4-6-15(8-12(11)2)21-10-14-9-13(17(18)19)5-7-16(14)20-3/h5,7,9,11-12,15H,4,6,8,10H2,1-3H3,(H,18,19). The van der Waals surface area contributed by atoms with Gasteiger partial charge in [-0.2, -0.15) is 0 Å². The third kappa shape index (κ3) is 3.97. The van der Waals surface area contributed by atoms with Crippen LogP contribution in [0.5, 0.6) is 5.75 Å². The van der Waals surface area contributed by atoms with Gasteiger partial charge in [-0.25, -0.2) is 4.79 Å². The summed E-state index contributed by atoms with van der Waals surface area (Å²) in [5.41, 5.74) is 1.06. The maximum Gasteiger partial charge on any atom is 0.335 e. The van der Waals surface area contributed by atoms with E-state index in [4.69, 9.17) is 14.6 Å². The van der Waals surface area contributed by atoms with Gasteiger partial charge in [-0.15, -0.1) is 0 Å². The smallest absolute Gasteiger partial charge is 0.335 e. The van der Waals surface area contributed by atoms with Crippen LogP contribution in [0.1, 0.15) is 49.0 Å². The number of ether oxygens (including phenoxy) is 2. The zero-order valence-corrected chi connectivity index (χ0v) is 13.0. The predicted octanol–water partition coefficient (Wildman–Crippen LogP) is 3.73. The second-order valence-electron chi connectivity index (χ2n) is 6.03. The zero-order chi connectivity index (χ0) is 15.4. The molecule has 4 heteroatoms. The average Bonchev–Trinajstić information content (AvgIpc) is 2.48. The van der Waals surface area contributed by atoms with Gasteiger partial charge in [0.2, 0.25) is 0 Å². The van der Waals surface area contributed by atoms with Crippen molar-refractivity contribution in [2.75, 3.05) is 7.11 Å². The van der Waals surface area contributed by atoms with Crippen LogP contribution in [0.3, 0.4) is 0 Å². The van der Waals surface area contributed by atoms with Gasteiger partial charge in [-0.3, -0.25) is 0 Å². The highest BCUT2D eigenvalue weighted by molar-refractivity contribution is 5.88. The Kier molecular flexibility index (Phi) is 5.23. The molecule has 1 saturated carbocycles. The van der Waals surface area contributed by atoms with Gasteiger partial charge in [-0.05, 0) is 49.3 Å². The van der Waals surface area contributed by atoms with Crippen LogP contribution >= 0.6 is 0 Å². The van der Waals surface area contributed by atoms with E-state index in [1.165, 1.54) is 6.42 Å². The van der Waals surface area contributed by atoms with E-state index in [-0.39, 0.29) is 11.7 Å². The number of methoxy groups -OCH3 is 1. The van der Waals surface area contributed by atoms with E-state index in [0.717, 1.165) is 24.3 Å². The summed E-state index contributed by atoms with van der Waals surface area (Å²) in [6.07, 6.45) is 3.60. The summed E-state index contributed by atoms with van der Waals surface area (Å²) in [6, 6.07) is 4.87. The minimum atomic E-state index is -0.931. The molecule has 0 amide bonds. The van der Waals surface area contributed by atoms with Crippen molar-refractivity contribution in [1.82, 2.24) is 0 Å². The summed E-state index contributed by atoms with van der Waals surface area (Å²) in [5.74, 6) is 1.18. The van der Waals surface area contributed by atoms with E-state index < -0.39 is 5.97 Å². The first kappa shape index (κ1) is 15.8. The molecule has 0 radical (unpaired) electrons. The van der Waals surface area contributed by atoms with Crippen LogP contribution in [-0.4, -0.2) is 24.3 Å². The Morgan fingerprint density at radius 2 is 2.05 bits per heavy atom. The van der Waals surface area contributed by atoms with E-state index in [1.807, 2.05) is 0 Å². The molecule has 2 rings (SSSR count). The first-order chi connectivity index (χ1) is 10.0. The average molecular weight is 292 g/mol. The fourth-order valence-electron chi connectivity index (χ4n) is 2.88. The van der Waals surface area contributed by atoms with Gasteiger partial charge in [0.25, 0.3) is 0 Å². The van der Waals surface area contributed by atoms with Gasteiger partial charge in [0, 0.05) is 5.56 Å². The summed E-state index contributed by atoms with van der Waals surface area (Å²) in [5, 5.41) is 9.07. The van der Waals surface area contributed by atoms with E-state index in [0.29, 0.717) is 18.3 Å². The summed E-state index contributed by atoms with van der Waals surface area (Å²) < 4.78 is 11.3. The quantitative estimate of drug-likeness (QED) is 0.898. The van der Waals surface area contributed by atoms with Gasteiger partial charge in [0.1, 0.15) is 5.75 Å². The molecule has 0 bridgehead atoms. The van der Waals surface area contributed by atoms with Gasteiger partial charge in [0.15, 0.2) is 0 Å². The van der Waals surface area contributed by atoms with E-state index in [2.05, 4.69) is 13.8 Å². The Labute approximate surface area is 126 Å². The normalized spacial score (nSPS) is 25.6. The van der Waals surface area contributed by atoms with Gasteiger partial charge in [0.05, 0.1) is 25.4 Å². The van der Waals surface area contributed by atoms with Crippen LogP contribution in [0, 0.1) is 11.8 Å². The van der Waals surface area contributed by atoms with Crippen LogP contribution in [0.4, 0.5) is 0 Å². The van der Waals surface area contributed by atoms with Crippen LogP contribution < -0.4 is 4.74 Å². The molecule has 1 N–H and O–H groups in total. The molecule has 1 aromatic rings. The first-order valence-electron chi connectivity index (χ1n) is 7.53. The molecule has 1 aromatic carbocycles. The van der Waals surface area contributed by atoms with E-state index >= 15 is 0 Å². The summed E-state index contributed by atoms with van der Waals surface area (Å²) >= 11 is 0. The molecule has 0 aromatic heterocycles. The third-order valence-corrected chi connectivity index (χ3v) is 4.55. The van der Waals surface area contributed by atoms with Crippen molar-refractivity contribution in [1.29, 1.82) is 0 Å². The number of carboxylic acids is 1. The number of hydrogen-bond donors (Lipinski definition) is 1. The molecule has 1 fully saturated rings. The number of rotatable bonds is 5. The molecule has 1 aliphatic rings. The highest BCUT2D eigenvalue weighted by Crippen LogP contribution is 2.32. The van der Waals surface area contributed by atoms with Gasteiger partial charge in [-0.1, -0.05) is 13.8 Å². The lowest BCUT2D eigenvalue weighted by Gasteiger charge is -2.32. The van der Waals surface area contributed by atoms with Crippen molar-refractivity contribution in [2.45, 2.75) is 45.8 Å². The topological polar surface area (TPSA) is 55.8 Å². The Bertz CT molecular complexity index is 498. The Morgan fingerprint density at radius 1 is 1.29 bits per heavy atom. The van der Waals surface area contributed by atoms with Crippen molar-refractivity contribution in [3.8, 4) is 5.75 Å². The molecule has 0 aliphatic heterocycles. The largest absolute Gasteiger partial charge is 0.496 e. The Morgan fingerprint density at radius 3 is 2.67 bits per heavy atom. The highest BCUT2D eigenvalue weighted by Gasteiger charge is 2.25. The molecular formula is C17H24O4. The van der Waals surface area contributed by atoms with Crippen LogP contribution in [-0.2, 0) is 11.3 Å². The molecule has 3 atom stereocenters. The molecule has 116 valence electrons. The Balaban J connectivity index is 2.02. The number of benzene rings is 1. The van der Waals surface area contributed by atoms with Crippen LogP contribution in [0.15, 0.2) is 18.2 Å². The summed E-state index contributed by atoms with van der Waals surface area (Å²) in [6.45, 7) is 4.96. The maximum absolute atomic E-state index is 11.1.